The van der Waals surface area contributed by atoms with Gasteiger partial charge in [0.15, 0.2) is 0 Å². The smallest absolute Gasteiger partial charge is 0.254 e. The Morgan fingerprint density at radius 2 is 2.17 bits per heavy atom. The lowest BCUT2D eigenvalue weighted by molar-refractivity contribution is 0.0788. The maximum absolute atomic E-state index is 12.3. The van der Waals surface area contributed by atoms with Crippen molar-refractivity contribution >= 4 is 5.91 Å². The summed E-state index contributed by atoms with van der Waals surface area (Å²) < 4.78 is 0. The molecule has 1 amide bonds. The Morgan fingerprint density at radius 1 is 1.44 bits per heavy atom. The van der Waals surface area contributed by atoms with E-state index in [0.717, 1.165) is 12.1 Å². The molecule has 3 heteroatoms. The highest BCUT2D eigenvalue weighted by atomic mass is 16.2. The average Bonchev–Trinajstić information content (AvgIpc) is 3.19. The number of nitrogens with zero attached hydrogens (tertiary/aromatic N) is 1. The molecule has 1 aliphatic rings. The Labute approximate surface area is 108 Å². The van der Waals surface area contributed by atoms with Crippen molar-refractivity contribution in [1.29, 1.82) is 0 Å². The van der Waals surface area contributed by atoms with E-state index >= 15 is 0 Å². The Hall–Kier alpha value is -1.79. The maximum atomic E-state index is 12.3. The van der Waals surface area contributed by atoms with Crippen molar-refractivity contribution in [3.05, 3.63) is 35.4 Å². The third-order valence-corrected chi connectivity index (χ3v) is 3.06. The summed E-state index contributed by atoms with van der Waals surface area (Å²) in [6.07, 6.45) is 2.48. The van der Waals surface area contributed by atoms with Gasteiger partial charge in [-0.15, -0.1) is 0 Å². The normalized spacial score (nSPS) is 13.7. The van der Waals surface area contributed by atoms with Gasteiger partial charge in [0, 0.05) is 19.2 Å². The minimum Gasteiger partial charge on any atom is -0.341 e. The molecule has 0 aliphatic heterocycles. The van der Waals surface area contributed by atoms with Crippen LogP contribution < -0.4 is 5.73 Å². The first-order valence-electron chi connectivity index (χ1n) is 6.26. The largest absolute Gasteiger partial charge is 0.341 e. The monoisotopic (exact) mass is 242 g/mol. The number of carbonyl (C=O) groups excluding carboxylic acids is 1. The third kappa shape index (κ3) is 3.12. The number of hydrogen-bond donors (Lipinski definition) is 1. The molecular formula is C15H18N2O. The van der Waals surface area contributed by atoms with Gasteiger partial charge >= 0.3 is 0 Å². The minimum atomic E-state index is 0.0452. The van der Waals surface area contributed by atoms with Crippen LogP contribution in [-0.4, -0.2) is 30.9 Å². The van der Waals surface area contributed by atoms with Crippen LogP contribution in [0.1, 0.15) is 28.8 Å². The Kier molecular flexibility index (Phi) is 4.01. The van der Waals surface area contributed by atoms with Gasteiger partial charge in [-0.1, -0.05) is 24.0 Å². The molecule has 94 valence electrons. The van der Waals surface area contributed by atoms with Gasteiger partial charge in [-0.05, 0) is 30.9 Å². The standard InChI is InChI=1S/C15H18N2O/c1-17(11-12-8-9-12)15(18)14-7-3-2-5-13(14)6-4-10-16/h2-3,5,7,12H,8-11,16H2,1H3. The molecule has 0 unspecified atom stereocenters. The van der Waals surface area contributed by atoms with E-state index in [1.807, 2.05) is 31.3 Å². The van der Waals surface area contributed by atoms with Gasteiger partial charge in [-0.25, -0.2) is 0 Å². The van der Waals surface area contributed by atoms with Crippen molar-refractivity contribution in [3.8, 4) is 11.8 Å². The van der Waals surface area contributed by atoms with E-state index in [1.54, 1.807) is 4.90 Å². The van der Waals surface area contributed by atoms with Gasteiger partial charge in [-0.2, -0.15) is 0 Å². The lowest BCUT2D eigenvalue weighted by Crippen LogP contribution is -2.29. The zero-order chi connectivity index (χ0) is 13.0. The van der Waals surface area contributed by atoms with Crippen molar-refractivity contribution in [2.45, 2.75) is 12.8 Å². The fraction of sp³-hybridized carbons (Fsp3) is 0.400. The van der Waals surface area contributed by atoms with Crippen molar-refractivity contribution in [2.24, 2.45) is 11.7 Å². The molecule has 0 spiro atoms. The van der Waals surface area contributed by atoms with Gasteiger partial charge in [0.1, 0.15) is 0 Å². The summed E-state index contributed by atoms with van der Waals surface area (Å²) in [5.41, 5.74) is 6.80. The molecule has 18 heavy (non-hydrogen) atoms. The van der Waals surface area contributed by atoms with Gasteiger partial charge in [0.25, 0.3) is 5.91 Å². The quantitative estimate of drug-likeness (QED) is 0.816. The molecule has 1 saturated carbocycles. The zero-order valence-corrected chi connectivity index (χ0v) is 10.6. The highest BCUT2D eigenvalue weighted by molar-refractivity contribution is 5.96. The Bertz CT molecular complexity index is 495. The van der Waals surface area contributed by atoms with Crippen LogP contribution >= 0.6 is 0 Å². The predicted molar refractivity (Wildman–Crippen MR) is 72.1 cm³/mol. The Morgan fingerprint density at radius 3 is 2.83 bits per heavy atom. The molecule has 0 saturated heterocycles. The minimum absolute atomic E-state index is 0.0452. The average molecular weight is 242 g/mol. The molecule has 0 aromatic heterocycles. The second-order valence-electron chi connectivity index (χ2n) is 4.68. The highest BCUT2D eigenvalue weighted by Crippen LogP contribution is 2.29. The summed E-state index contributed by atoms with van der Waals surface area (Å²) >= 11 is 0. The summed E-state index contributed by atoms with van der Waals surface area (Å²) in [6.45, 7) is 1.15. The molecule has 0 radical (unpaired) electrons. The molecule has 2 rings (SSSR count). The molecule has 2 N–H and O–H groups in total. The number of amides is 1. The molecular weight excluding hydrogens is 224 g/mol. The first-order valence-corrected chi connectivity index (χ1v) is 6.26. The van der Waals surface area contributed by atoms with E-state index in [-0.39, 0.29) is 5.91 Å². The third-order valence-electron chi connectivity index (χ3n) is 3.06. The van der Waals surface area contributed by atoms with Crippen molar-refractivity contribution < 1.29 is 4.79 Å². The van der Waals surface area contributed by atoms with Crippen molar-refractivity contribution in [2.75, 3.05) is 20.1 Å². The number of carbonyl (C=O) groups is 1. The highest BCUT2D eigenvalue weighted by Gasteiger charge is 2.25. The van der Waals surface area contributed by atoms with Crippen LogP contribution in [0.25, 0.3) is 0 Å². The number of benzene rings is 1. The van der Waals surface area contributed by atoms with Gasteiger partial charge in [-0.3, -0.25) is 4.79 Å². The maximum Gasteiger partial charge on any atom is 0.254 e. The first-order chi connectivity index (χ1) is 8.72. The predicted octanol–water partition coefficient (Wildman–Crippen LogP) is 1.48. The van der Waals surface area contributed by atoms with E-state index in [2.05, 4.69) is 11.8 Å². The van der Waals surface area contributed by atoms with E-state index in [9.17, 15) is 4.79 Å². The number of rotatable bonds is 3. The van der Waals surface area contributed by atoms with Crippen LogP contribution in [0.2, 0.25) is 0 Å². The zero-order valence-electron chi connectivity index (χ0n) is 10.6. The van der Waals surface area contributed by atoms with E-state index < -0.39 is 0 Å². The van der Waals surface area contributed by atoms with Crippen LogP contribution in [0.15, 0.2) is 24.3 Å². The van der Waals surface area contributed by atoms with Crippen LogP contribution in [-0.2, 0) is 0 Å². The molecule has 0 atom stereocenters. The second-order valence-corrected chi connectivity index (χ2v) is 4.68. The molecule has 1 aromatic rings. The number of hydrogen-bond acceptors (Lipinski definition) is 2. The first kappa shape index (κ1) is 12.7. The lowest BCUT2D eigenvalue weighted by Gasteiger charge is -2.17. The van der Waals surface area contributed by atoms with Crippen LogP contribution in [0.3, 0.4) is 0 Å². The molecule has 1 aromatic carbocycles. The van der Waals surface area contributed by atoms with E-state index in [1.165, 1.54) is 12.8 Å². The SMILES string of the molecule is CN(CC1CC1)C(=O)c1ccccc1C#CCN. The number of nitrogens with two attached hydrogens (primary N) is 1. The van der Waals surface area contributed by atoms with Crippen molar-refractivity contribution in [3.63, 3.8) is 0 Å². The molecule has 1 fully saturated rings. The fourth-order valence-corrected chi connectivity index (χ4v) is 1.90. The van der Waals surface area contributed by atoms with Gasteiger partial charge in [0.05, 0.1) is 12.1 Å². The molecule has 1 aliphatic carbocycles. The van der Waals surface area contributed by atoms with Crippen LogP contribution in [0, 0.1) is 17.8 Å². The molecule has 0 bridgehead atoms. The lowest BCUT2D eigenvalue weighted by atomic mass is 10.1. The van der Waals surface area contributed by atoms with Crippen molar-refractivity contribution in [1.82, 2.24) is 4.90 Å². The topological polar surface area (TPSA) is 46.3 Å². The summed E-state index contributed by atoms with van der Waals surface area (Å²) in [5, 5.41) is 0. The fourth-order valence-electron chi connectivity index (χ4n) is 1.90. The summed E-state index contributed by atoms with van der Waals surface area (Å²) in [5.74, 6) is 6.49. The summed E-state index contributed by atoms with van der Waals surface area (Å²) in [6, 6.07) is 7.44. The molecule has 3 nitrogen and oxygen atoms in total. The van der Waals surface area contributed by atoms with E-state index in [4.69, 9.17) is 5.73 Å². The van der Waals surface area contributed by atoms with E-state index in [0.29, 0.717) is 18.0 Å². The van der Waals surface area contributed by atoms with Gasteiger partial charge < -0.3 is 10.6 Å². The Balaban J connectivity index is 2.17. The summed E-state index contributed by atoms with van der Waals surface area (Å²) in [4.78, 5) is 14.1. The van der Waals surface area contributed by atoms with Crippen LogP contribution in [0.5, 0.6) is 0 Å². The summed E-state index contributed by atoms with van der Waals surface area (Å²) in [7, 11) is 1.85. The van der Waals surface area contributed by atoms with Crippen LogP contribution in [0.4, 0.5) is 0 Å². The second kappa shape index (κ2) is 5.70. The van der Waals surface area contributed by atoms with Gasteiger partial charge in [0.2, 0.25) is 0 Å². The molecule has 0 heterocycles.